The van der Waals surface area contributed by atoms with Crippen molar-refractivity contribution in [2.24, 2.45) is 0 Å². The zero-order valence-electron chi connectivity index (χ0n) is 24.1. The molecule has 1 aliphatic heterocycles. The van der Waals surface area contributed by atoms with E-state index in [-0.39, 0.29) is 23.6 Å². The summed E-state index contributed by atoms with van der Waals surface area (Å²) in [5.41, 5.74) is 2.55. The van der Waals surface area contributed by atoms with Gasteiger partial charge in [0.05, 0.1) is 49.3 Å². The Hall–Kier alpha value is -5.52. The van der Waals surface area contributed by atoms with Crippen molar-refractivity contribution in [2.75, 3.05) is 6.54 Å². The van der Waals surface area contributed by atoms with Crippen LogP contribution in [0.15, 0.2) is 90.1 Å². The fourth-order valence-corrected chi connectivity index (χ4v) is 5.88. The van der Waals surface area contributed by atoms with Crippen LogP contribution in [0.2, 0.25) is 0 Å². The van der Waals surface area contributed by atoms with Crippen molar-refractivity contribution < 1.29 is 18.0 Å². The maximum Gasteiger partial charge on any atom is 0.255 e. The minimum Gasteiger partial charge on any atom is -0.331 e. The number of benzene rings is 3. The van der Waals surface area contributed by atoms with Crippen LogP contribution in [-0.2, 0) is 19.6 Å². The first-order valence-electron chi connectivity index (χ1n) is 14.3. The molecule has 0 N–H and O–H groups in total. The third kappa shape index (κ3) is 5.17. The maximum absolute atomic E-state index is 14.4. The molecule has 1 atom stereocenters. The molecule has 4 heterocycles. The molecule has 0 saturated heterocycles. The summed E-state index contributed by atoms with van der Waals surface area (Å²) in [6.45, 7) is 2.92. The molecule has 9 nitrogen and oxygen atoms in total. The molecule has 3 aromatic heterocycles. The minimum absolute atomic E-state index is 0.212. The number of carbonyl (C=O) groups is 1. The summed E-state index contributed by atoms with van der Waals surface area (Å²) in [5.74, 6) is -3.27. The lowest BCUT2D eigenvalue weighted by atomic mass is 10.0. The second-order valence-corrected chi connectivity index (χ2v) is 11.0. The number of aromatic nitrogens is 6. The van der Waals surface area contributed by atoms with E-state index in [0.29, 0.717) is 48.6 Å². The lowest BCUT2D eigenvalue weighted by Gasteiger charge is -2.28. The largest absolute Gasteiger partial charge is 0.331 e. The van der Waals surface area contributed by atoms with Crippen LogP contribution in [0.3, 0.4) is 0 Å². The Morgan fingerprint density at radius 2 is 1.73 bits per heavy atom. The Morgan fingerprint density at radius 1 is 0.956 bits per heavy atom. The highest BCUT2D eigenvalue weighted by molar-refractivity contribution is 5.94. The lowest BCUT2D eigenvalue weighted by Crippen LogP contribution is -2.39. The molecule has 0 spiro atoms. The minimum atomic E-state index is -1.02. The zero-order valence-corrected chi connectivity index (χ0v) is 24.1. The molecule has 226 valence electrons. The van der Waals surface area contributed by atoms with Gasteiger partial charge in [-0.2, -0.15) is 5.10 Å². The topological polar surface area (TPSA) is 90.8 Å². The highest BCUT2D eigenvalue weighted by atomic mass is 19.1. The van der Waals surface area contributed by atoms with Gasteiger partial charge in [-0.05, 0) is 29.3 Å². The van der Waals surface area contributed by atoms with Crippen LogP contribution in [0.25, 0.3) is 22.0 Å². The van der Waals surface area contributed by atoms with E-state index < -0.39 is 23.5 Å². The predicted octanol–water partition coefficient (Wildman–Crippen LogP) is 5.19. The van der Waals surface area contributed by atoms with Crippen LogP contribution in [0.1, 0.15) is 40.1 Å². The van der Waals surface area contributed by atoms with Gasteiger partial charge in [0, 0.05) is 42.1 Å². The summed E-state index contributed by atoms with van der Waals surface area (Å²) in [4.78, 5) is 28.2. The van der Waals surface area contributed by atoms with Gasteiger partial charge in [0.25, 0.3) is 11.5 Å². The number of rotatable bonds is 6. The summed E-state index contributed by atoms with van der Waals surface area (Å²) in [5, 5.41) is 14.8. The highest BCUT2D eigenvalue weighted by Gasteiger charge is 2.27. The van der Waals surface area contributed by atoms with E-state index in [1.165, 1.54) is 29.9 Å². The Morgan fingerprint density at radius 3 is 2.56 bits per heavy atom. The molecule has 7 rings (SSSR count). The molecule has 0 radical (unpaired) electrons. The van der Waals surface area contributed by atoms with Crippen molar-refractivity contribution in [3.8, 4) is 11.3 Å². The Kier molecular flexibility index (Phi) is 7.03. The molecule has 45 heavy (non-hydrogen) atoms. The summed E-state index contributed by atoms with van der Waals surface area (Å²) >= 11 is 0. The fourth-order valence-electron chi connectivity index (χ4n) is 5.88. The number of fused-ring (bicyclic) bond motifs is 2. The normalized spacial score (nSPS) is 13.6. The lowest BCUT2D eigenvalue weighted by molar-refractivity contribution is 0.0705. The number of pyridine rings is 1. The average Bonchev–Trinajstić information content (AvgIpc) is 3.69. The molecule has 1 aliphatic rings. The van der Waals surface area contributed by atoms with E-state index in [0.717, 1.165) is 22.0 Å². The molecular weight excluding hydrogens is 583 g/mol. The Labute approximate surface area is 254 Å². The third-order valence-corrected chi connectivity index (χ3v) is 8.25. The van der Waals surface area contributed by atoms with Crippen LogP contribution < -0.4 is 5.56 Å². The van der Waals surface area contributed by atoms with Crippen molar-refractivity contribution >= 4 is 16.7 Å². The van der Waals surface area contributed by atoms with Crippen LogP contribution in [0.4, 0.5) is 13.2 Å². The average molecular weight is 610 g/mol. The number of amides is 1. The van der Waals surface area contributed by atoms with Crippen LogP contribution in [-0.4, -0.2) is 46.7 Å². The molecule has 0 aliphatic carbocycles. The summed E-state index contributed by atoms with van der Waals surface area (Å²) in [6.07, 6.45) is 4.75. The summed E-state index contributed by atoms with van der Waals surface area (Å²) < 4.78 is 46.9. The van der Waals surface area contributed by atoms with E-state index >= 15 is 0 Å². The summed E-state index contributed by atoms with van der Waals surface area (Å²) in [7, 11) is 0. The van der Waals surface area contributed by atoms with Crippen molar-refractivity contribution in [1.82, 2.24) is 34.2 Å². The van der Waals surface area contributed by atoms with Crippen LogP contribution in [0.5, 0.6) is 0 Å². The number of hydrogen-bond acceptors (Lipinski definition) is 5. The smallest absolute Gasteiger partial charge is 0.255 e. The Bertz CT molecular complexity index is 2120. The first-order valence-corrected chi connectivity index (χ1v) is 14.3. The van der Waals surface area contributed by atoms with Gasteiger partial charge in [-0.3, -0.25) is 14.3 Å². The van der Waals surface area contributed by atoms with Gasteiger partial charge in [-0.1, -0.05) is 47.7 Å². The second kappa shape index (κ2) is 11.2. The third-order valence-electron chi connectivity index (χ3n) is 8.25. The van der Waals surface area contributed by atoms with Crippen molar-refractivity contribution in [3.05, 3.63) is 136 Å². The van der Waals surface area contributed by atoms with Gasteiger partial charge in [-0.15, -0.1) is 5.10 Å². The van der Waals surface area contributed by atoms with E-state index in [4.69, 9.17) is 0 Å². The van der Waals surface area contributed by atoms with Gasteiger partial charge >= 0.3 is 0 Å². The molecule has 0 saturated carbocycles. The standard InChI is InChI=1S/C33H26F3N7O2/c1-20(32-27(35)13-24(34)14-28(32)36)43-18-29(38-39-43)26-15-37-42-12-11-40(19-30(26)42)33(45)23-9-10-31(44)41(17-23)16-22-7-4-6-21-5-2-3-8-25(21)22/h2-10,13-15,17-18,20H,11-12,16,19H2,1H3/t20-/m0/s1. The van der Waals surface area contributed by atoms with Gasteiger partial charge in [-0.25, -0.2) is 17.9 Å². The number of nitrogens with zero attached hydrogens (tertiary/aromatic N) is 7. The second-order valence-electron chi connectivity index (χ2n) is 11.0. The van der Waals surface area contributed by atoms with Crippen LogP contribution in [0, 0.1) is 17.5 Å². The molecule has 12 heteroatoms. The van der Waals surface area contributed by atoms with E-state index in [1.807, 2.05) is 42.5 Å². The maximum atomic E-state index is 14.4. The van der Waals surface area contributed by atoms with E-state index in [2.05, 4.69) is 15.4 Å². The molecule has 3 aromatic carbocycles. The van der Waals surface area contributed by atoms with Gasteiger partial charge in [0.1, 0.15) is 23.1 Å². The summed E-state index contributed by atoms with van der Waals surface area (Å²) in [6, 6.07) is 17.2. The number of hydrogen-bond donors (Lipinski definition) is 0. The molecular formula is C33H26F3N7O2. The Balaban J connectivity index is 1.13. The zero-order chi connectivity index (χ0) is 31.2. The van der Waals surface area contributed by atoms with E-state index in [1.54, 1.807) is 26.5 Å². The van der Waals surface area contributed by atoms with Gasteiger partial charge < -0.3 is 9.47 Å². The fraction of sp³-hybridized carbons (Fsp3) is 0.182. The first kappa shape index (κ1) is 28.3. The predicted molar refractivity (Wildman–Crippen MR) is 160 cm³/mol. The van der Waals surface area contributed by atoms with Crippen LogP contribution >= 0.6 is 0 Å². The van der Waals surface area contributed by atoms with Crippen molar-refractivity contribution in [2.45, 2.75) is 32.6 Å². The molecule has 0 bridgehead atoms. The van der Waals surface area contributed by atoms with E-state index in [9.17, 15) is 22.8 Å². The quantitative estimate of drug-likeness (QED) is 0.259. The SMILES string of the molecule is C[C@@H](c1c(F)cc(F)cc1F)n1cc(-c2cnn3c2CN(C(=O)c2ccc(=O)n(Cc4cccc5ccccc45)c2)CC3)nn1. The molecule has 6 aromatic rings. The molecule has 0 fully saturated rings. The molecule has 1 amide bonds. The van der Waals surface area contributed by atoms with Crippen molar-refractivity contribution in [1.29, 1.82) is 0 Å². The number of halogens is 3. The van der Waals surface area contributed by atoms with Gasteiger partial charge in [0.2, 0.25) is 0 Å². The molecule has 0 unspecified atom stereocenters. The monoisotopic (exact) mass is 609 g/mol. The van der Waals surface area contributed by atoms with Gasteiger partial charge in [0.15, 0.2) is 0 Å². The highest BCUT2D eigenvalue weighted by Crippen LogP contribution is 2.29. The number of carbonyl (C=O) groups excluding carboxylic acids is 1. The van der Waals surface area contributed by atoms with Crippen molar-refractivity contribution in [3.63, 3.8) is 0 Å². The first-order chi connectivity index (χ1) is 21.8.